The van der Waals surface area contributed by atoms with Gasteiger partial charge in [-0.15, -0.1) is 0 Å². The maximum atomic E-state index is 12.2. The van der Waals surface area contributed by atoms with Crippen molar-refractivity contribution in [1.82, 2.24) is 9.97 Å². The molecule has 0 spiro atoms. The third kappa shape index (κ3) is 3.76. The number of rotatable bonds is 4. The van der Waals surface area contributed by atoms with E-state index >= 15 is 0 Å². The molecule has 5 heteroatoms. The Morgan fingerprint density at radius 3 is 2.68 bits per heavy atom. The topological polar surface area (TPSA) is 72.0 Å². The molecule has 1 atom stereocenters. The molecule has 128 valence electrons. The summed E-state index contributed by atoms with van der Waals surface area (Å²) in [5.41, 5.74) is 3.57. The number of hydrogen-bond donors (Lipinski definition) is 1. The van der Waals surface area contributed by atoms with Gasteiger partial charge < -0.3 is 9.72 Å². The van der Waals surface area contributed by atoms with Gasteiger partial charge >= 0.3 is 5.97 Å². The molecule has 0 radical (unpaired) electrons. The van der Waals surface area contributed by atoms with Gasteiger partial charge in [-0.1, -0.05) is 30.3 Å². The lowest BCUT2D eigenvalue weighted by atomic mass is 10.0. The maximum absolute atomic E-state index is 12.2. The molecule has 0 amide bonds. The molecule has 0 unspecified atom stereocenters. The van der Waals surface area contributed by atoms with Gasteiger partial charge in [0.25, 0.3) is 5.56 Å². The standard InChI is InChI=1S/C20H20N2O3/c1-12-8-9-15(10-13(12)2)11-18(23)25-14(3)19-21-17-7-5-4-6-16(17)20(24)22-19/h4-10,14H,11H2,1-3H3,(H,21,22,24)/t14-/m1/s1. The molecule has 2 aromatic carbocycles. The maximum Gasteiger partial charge on any atom is 0.310 e. The Bertz CT molecular complexity index is 992. The van der Waals surface area contributed by atoms with Crippen molar-refractivity contribution in [1.29, 1.82) is 0 Å². The van der Waals surface area contributed by atoms with Gasteiger partial charge in [0.15, 0.2) is 11.9 Å². The minimum absolute atomic E-state index is 0.184. The first kappa shape index (κ1) is 16.9. The van der Waals surface area contributed by atoms with Crippen molar-refractivity contribution in [3.63, 3.8) is 0 Å². The Morgan fingerprint density at radius 2 is 1.92 bits per heavy atom. The predicted molar refractivity (Wildman–Crippen MR) is 96.5 cm³/mol. The average molecular weight is 336 g/mol. The first-order valence-electron chi connectivity index (χ1n) is 8.18. The number of fused-ring (bicyclic) bond motifs is 1. The number of para-hydroxylation sites is 1. The van der Waals surface area contributed by atoms with Crippen LogP contribution in [0.4, 0.5) is 0 Å². The molecular weight excluding hydrogens is 316 g/mol. The summed E-state index contributed by atoms with van der Waals surface area (Å²) >= 11 is 0. The SMILES string of the molecule is Cc1ccc(CC(=O)O[C@H](C)c2nc3ccccc3c(=O)[nH]2)cc1C. The fourth-order valence-corrected chi connectivity index (χ4v) is 2.67. The summed E-state index contributed by atoms with van der Waals surface area (Å²) in [5, 5.41) is 0.514. The van der Waals surface area contributed by atoms with Gasteiger partial charge in [0.1, 0.15) is 0 Å². The Hall–Kier alpha value is -2.95. The average Bonchev–Trinajstić information content (AvgIpc) is 2.58. The largest absolute Gasteiger partial charge is 0.454 e. The minimum Gasteiger partial charge on any atom is -0.454 e. The van der Waals surface area contributed by atoms with E-state index in [1.54, 1.807) is 25.1 Å². The summed E-state index contributed by atoms with van der Waals surface area (Å²) in [4.78, 5) is 31.4. The normalized spacial score (nSPS) is 12.1. The number of H-pyrrole nitrogens is 1. The number of nitrogens with one attached hydrogen (secondary N) is 1. The van der Waals surface area contributed by atoms with Gasteiger partial charge in [-0.3, -0.25) is 9.59 Å². The first-order valence-corrected chi connectivity index (χ1v) is 8.18. The van der Waals surface area contributed by atoms with Crippen LogP contribution in [-0.4, -0.2) is 15.9 Å². The molecule has 1 heterocycles. The lowest BCUT2D eigenvalue weighted by Crippen LogP contribution is -2.18. The van der Waals surface area contributed by atoms with Crippen molar-refractivity contribution in [3.8, 4) is 0 Å². The molecule has 1 N–H and O–H groups in total. The van der Waals surface area contributed by atoms with Gasteiger partial charge in [0, 0.05) is 0 Å². The van der Waals surface area contributed by atoms with Crippen LogP contribution in [0.2, 0.25) is 0 Å². The molecular formula is C20H20N2O3. The van der Waals surface area contributed by atoms with Crippen molar-refractivity contribution in [2.75, 3.05) is 0 Å². The fraction of sp³-hybridized carbons (Fsp3) is 0.250. The molecule has 3 aromatic rings. The number of aromatic amines is 1. The number of aryl methyl sites for hydroxylation is 2. The van der Waals surface area contributed by atoms with E-state index in [9.17, 15) is 9.59 Å². The highest BCUT2D eigenvalue weighted by Crippen LogP contribution is 2.16. The van der Waals surface area contributed by atoms with E-state index in [0.717, 1.165) is 11.1 Å². The molecule has 0 saturated carbocycles. The molecule has 1 aromatic heterocycles. The lowest BCUT2D eigenvalue weighted by Gasteiger charge is -2.13. The first-order chi connectivity index (χ1) is 11.9. The van der Waals surface area contributed by atoms with Crippen molar-refractivity contribution in [2.24, 2.45) is 0 Å². The second-order valence-electron chi connectivity index (χ2n) is 6.20. The van der Waals surface area contributed by atoms with Crippen LogP contribution in [0.3, 0.4) is 0 Å². The quantitative estimate of drug-likeness (QED) is 0.741. The predicted octanol–water partition coefficient (Wildman–Crippen LogP) is 3.39. The minimum atomic E-state index is -0.628. The van der Waals surface area contributed by atoms with Gasteiger partial charge in [-0.2, -0.15) is 0 Å². The number of benzene rings is 2. The van der Waals surface area contributed by atoms with E-state index in [4.69, 9.17) is 4.74 Å². The summed E-state index contributed by atoms with van der Waals surface area (Å²) in [6.45, 7) is 5.74. The Labute approximate surface area is 145 Å². The van der Waals surface area contributed by atoms with Crippen molar-refractivity contribution in [2.45, 2.75) is 33.3 Å². The lowest BCUT2D eigenvalue weighted by molar-refractivity contribution is -0.148. The smallest absolute Gasteiger partial charge is 0.310 e. The van der Waals surface area contributed by atoms with Crippen LogP contribution >= 0.6 is 0 Å². The highest BCUT2D eigenvalue weighted by Gasteiger charge is 2.16. The Balaban J connectivity index is 1.75. The van der Waals surface area contributed by atoms with Gasteiger partial charge in [0.05, 0.1) is 17.3 Å². The summed E-state index contributed by atoms with van der Waals surface area (Å²) in [6.07, 6.45) is -0.445. The molecule has 0 aliphatic rings. The molecule has 0 aliphatic carbocycles. The molecule has 3 rings (SSSR count). The monoisotopic (exact) mass is 336 g/mol. The van der Waals surface area contributed by atoms with Crippen LogP contribution in [0, 0.1) is 13.8 Å². The summed E-state index contributed by atoms with van der Waals surface area (Å²) in [5.74, 6) is -0.0105. The molecule has 25 heavy (non-hydrogen) atoms. The number of nitrogens with zero attached hydrogens (tertiary/aromatic N) is 1. The molecule has 5 nitrogen and oxygen atoms in total. The van der Waals surface area contributed by atoms with E-state index in [2.05, 4.69) is 9.97 Å². The fourth-order valence-electron chi connectivity index (χ4n) is 2.67. The van der Waals surface area contributed by atoms with Crippen LogP contribution in [0.1, 0.15) is 35.5 Å². The van der Waals surface area contributed by atoms with E-state index in [1.165, 1.54) is 5.56 Å². The molecule has 0 aliphatic heterocycles. The zero-order valence-electron chi connectivity index (χ0n) is 14.5. The third-order valence-electron chi connectivity index (χ3n) is 4.24. The van der Waals surface area contributed by atoms with Gasteiger partial charge in [0.2, 0.25) is 0 Å². The van der Waals surface area contributed by atoms with Crippen molar-refractivity contribution >= 4 is 16.9 Å². The second-order valence-corrected chi connectivity index (χ2v) is 6.20. The Kier molecular flexibility index (Phi) is 4.65. The zero-order valence-corrected chi connectivity index (χ0v) is 14.5. The van der Waals surface area contributed by atoms with Crippen LogP contribution in [0.25, 0.3) is 10.9 Å². The molecule has 0 saturated heterocycles. The summed E-state index contributed by atoms with van der Waals surface area (Å²) in [7, 11) is 0. The van der Waals surface area contributed by atoms with Crippen molar-refractivity contribution < 1.29 is 9.53 Å². The van der Waals surface area contributed by atoms with Crippen LogP contribution < -0.4 is 5.56 Å². The van der Waals surface area contributed by atoms with E-state index in [0.29, 0.717) is 16.7 Å². The molecule has 0 fully saturated rings. The number of carbonyl (C=O) groups excluding carboxylic acids is 1. The van der Waals surface area contributed by atoms with E-state index in [1.807, 2.05) is 38.1 Å². The number of esters is 1. The highest BCUT2D eigenvalue weighted by molar-refractivity contribution is 5.77. The third-order valence-corrected chi connectivity index (χ3v) is 4.24. The number of carbonyl (C=O) groups is 1. The number of ether oxygens (including phenoxy) is 1. The molecule has 0 bridgehead atoms. The van der Waals surface area contributed by atoms with E-state index in [-0.39, 0.29) is 17.9 Å². The summed E-state index contributed by atoms with van der Waals surface area (Å²) in [6, 6.07) is 13.0. The van der Waals surface area contributed by atoms with E-state index < -0.39 is 6.10 Å². The van der Waals surface area contributed by atoms with Crippen LogP contribution in [0.15, 0.2) is 47.3 Å². The van der Waals surface area contributed by atoms with Crippen molar-refractivity contribution in [3.05, 3.63) is 75.3 Å². The van der Waals surface area contributed by atoms with Crippen LogP contribution in [-0.2, 0) is 16.0 Å². The summed E-state index contributed by atoms with van der Waals surface area (Å²) < 4.78 is 5.44. The van der Waals surface area contributed by atoms with Crippen LogP contribution in [0.5, 0.6) is 0 Å². The van der Waals surface area contributed by atoms with Gasteiger partial charge in [-0.25, -0.2) is 4.98 Å². The Morgan fingerprint density at radius 1 is 1.16 bits per heavy atom. The highest BCUT2D eigenvalue weighted by atomic mass is 16.5. The zero-order chi connectivity index (χ0) is 18.0. The van der Waals surface area contributed by atoms with Gasteiger partial charge in [-0.05, 0) is 49.6 Å². The number of hydrogen-bond acceptors (Lipinski definition) is 4. The number of aromatic nitrogens is 2. The second kappa shape index (κ2) is 6.89.